The van der Waals surface area contributed by atoms with Gasteiger partial charge in [-0.15, -0.1) is 10.2 Å². The number of hydrogen-bond acceptors (Lipinski definition) is 7. The number of ether oxygens (including phenoxy) is 2. The van der Waals surface area contributed by atoms with Crippen molar-refractivity contribution < 1.29 is 18.3 Å². The molecule has 35 heavy (non-hydrogen) atoms. The first-order chi connectivity index (χ1) is 16.8. The molecule has 0 bridgehead atoms. The summed E-state index contributed by atoms with van der Waals surface area (Å²) in [7, 11) is 1.58. The van der Waals surface area contributed by atoms with E-state index in [-0.39, 0.29) is 0 Å². The third kappa shape index (κ3) is 4.07. The molecule has 184 valence electrons. The molecule has 1 saturated carbocycles. The van der Waals surface area contributed by atoms with Crippen molar-refractivity contribution >= 4 is 22.5 Å². The summed E-state index contributed by atoms with van der Waals surface area (Å²) in [5.74, 6) is -1.94. The summed E-state index contributed by atoms with van der Waals surface area (Å²) in [6.07, 6.45) is 6.26. The molecular formula is C24H27F2N7O2. The molecule has 0 atom stereocenters. The van der Waals surface area contributed by atoms with E-state index >= 15 is 0 Å². The molecule has 0 unspecified atom stereocenters. The van der Waals surface area contributed by atoms with Gasteiger partial charge in [0.15, 0.2) is 0 Å². The van der Waals surface area contributed by atoms with Crippen LogP contribution in [0.3, 0.4) is 0 Å². The number of fused-ring (bicyclic) bond motifs is 2. The fraction of sp³-hybridized carbons (Fsp3) is 0.500. The molecular weight excluding hydrogens is 456 g/mol. The fourth-order valence-corrected chi connectivity index (χ4v) is 5.18. The minimum Gasteiger partial charge on any atom is -0.479 e. The summed E-state index contributed by atoms with van der Waals surface area (Å²) >= 11 is 0. The van der Waals surface area contributed by atoms with Crippen LogP contribution >= 0.6 is 0 Å². The Kier molecular flexibility index (Phi) is 5.13. The molecule has 1 spiro atoms. The third-order valence-electron chi connectivity index (χ3n) is 7.12. The van der Waals surface area contributed by atoms with Gasteiger partial charge in [0.25, 0.3) is 5.92 Å². The number of nitrogens with zero attached hydrogens (tertiary/aromatic N) is 6. The van der Waals surface area contributed by atoms with Crippen molar-refractivity contribution in [2.24, 2.45) is 5.41 Å². The Hall–Kier alpha value is -3.34. The number of benzene rings is 1. The van der Waals surface area contributed by atoms with Gasteiger partial charge in [0, 0.05) is 30.1 Å². The van der Waals surface area contributed by atoms with Crippen molar-refractivity contribution in [2.45, 2.75) is 51.1 Å². The molecule has 1 aliphatic heterocycles. The van der Waals surface area contributed by atoms with Gasteiger partial charge in [0.2, 0.25) is 11.8 Å². The number of methoxy groups -OCH3 is 1. The molecule has 1 saturated heterocycles. The van der Waals surface area contributed by atoms with Crippen LogP contribution in [-0.4, -0.2) is 61.9 Å². The minimum atomic E-state index is -2.90. The van der Waals surface area contributed by atoms with Gasteiger partial charge < -0.3 is 14.8 Å². The second-order valence-electron chi connectivity index (χ2n) is 9.90. The van der Waals surface area contributed by atoms with Crippen LogP contribution in [-0.2, 0) is 11.3 Å². The average Bonchev–Trinajstić information content (AvgIpc) is 3.41. The second kappa shape index (κ2) is 8.11. The molecule has 1 N–H and O–H groups in total. The lowest BCUT2D eigenvalue weighted by molar-refractivity contribution is -0.131. The van der Waals surface area contributed by atoms with Crippen LogP contribution in [0.4, 0.5) is 14.7 Å². The summed E-state index contributed by atoms with van der Waals surface area (Å²) < 4.78 is 41.3. The lowest BCUT2D eigenvalue weighted by Gasteiger charge is -2.46. The largest absolute Gasteiger partial charge is 0.479 e. The molecule has 2 aliphatic rings. The van der Waals surface area contributed by atoms with E-state index in [2.05, 4.69) is 25.7 Å². The van der Waals surface area contributed by atoms with Crippen molar-refractivity contribution in [1.82, 2.24) is 29.6 Å². The number of nitrogens with one attached hydrogen (secondary N) is 1. The Balaban J connectivity index is 1.31. The maximum Gasteiger partial charge on any atom is 0.264 e. The van der Waals surface area contributed by atoms with Gasteiger partial charge >= 0.3 is 0 Å². The van der Waals surface area contributed by atoms with Crippen molar-refractivity contribution in [3.63, 3.8) is 0 Å². The van der Waals surface area contributed by atoms with Crippen molar-refractivity contribution in [3.8, 4) is 17.0 Å². The van der Waals surface area contributed by atoms with E-state index in [4.69, 9.17) is 9.47 Å². The Morgan fingerprint density at radius 3 is 2.71 bits per heavy atom. The number of alkyl halides is 2. The SMILES string of the molecule is COc1nc(NC2CCC3(CC2)COC3)nn2ccc(-c3ccc4nnn(CC(C)(F)F)c4c3)c12. The Morgan fingerprint density at radius 1 is 1.23 bits per heavy atom. The van der Waals surface area contributed by atoms with Gasteiger partial charge in [0.05, 0.1) is 25.8 Å². The summed E-state index contributed by atoms with van der Waals surface area (Å²) in [5, 5.41) is 16.1. The zero-order valence-electron chi connectivity index (χ0n) is 19.7. The van der Waals surface area contributed by atoms with Crippen LogP contribution in [0, 0.1) is 5.41 Å². The van der Waals surface area contributed by atoms with Gasteiger partial charge in [0.1, 0.15) is 17.6 Å². The van der Waals surface area contributed by atoms with E-state index < -0.39 is 12.5 Å². The van der Waals surface area contributed by atoms with Crippen LogP contribution in [0.2, 0.25) is 0 Å². The topological polar surface area (TPSA) is 91.4 Å². The summed E-state index contributed by atoms with van der Waals surface area (Å²) in [5.41, 5.74) is 3.82. The molecule has 0 radical (unpaired) electrons. The third-order valence-corrected chi connectivity index (χ3v) is 7.12. The highest BCUT2D eigenvalue weighted by atomic mass is 19.3. The number of hydrogen-bond donors (Lipinski definition) is 1. The van der Waals surface area contributed by atoms with Crippen molar-refractivity contribution in [3.05, 3.63) is 30.5 Å². The van der Waals surface area contributed by atoms with Gasteiger partial charge in [-0.3, -0.25) is 0 Å². The standard InChI is InChI=1S/C24H27F2N7O2/c1-23(25,26)12-33-19-11-15(3-4-18(19)29-31-33)17-7-10-32-20(17)21(34-2)28-22(30-32)27-16-5-8-24(9-6-16)13-35-14-24/h3-4,7,10-11,16H,5-6,8-9,12-14H2,1-2H3,(H,27,30). The first-order valence-electron chi connectivity index (χ1n) is 11.8. The van der Waals surface area contributed by atoms with Crippen LogP contribution in [0.5, 0.6) is 5.88 Å². The van der Waals surface area contributed by atoms with Crippen LogP contribution in [0.15, 0.2) is 30.5 Å². The molecule has 3 aromatic heterocycles. The Labute approximate surface area is 200 Å². The molecule has 6 rings (SSSR count). The van der Waals surface area contributed by atoms with E-state index in [9.17, 15) is 8.78 Å². The Bertz CT molecular complexity index is 1380. The van der Waals surface area contributed by atoms with Crippen LogP contribution < -0.4 is 10.1 Å². The predicted octanol–water partition coefficient (Wildman–Crippen LogP) is 4.18. The van der Waals surface area contributed by atoms with E-state index in [1.54, 1.807) is 17.7 Å². The van der Waals surface area contributed by atoms with Gasteiger partial charge in [-0.05, 0) is 49.4 Å². The zero-order valence-corrected chi connectivity index (χ0v) is 19.7. The minimum absolute atomic E-state index is 0.310. The molecule has 11 heteroatoms. The molecule has 9 nitrogen and oxygen atoms in total. The maximum absolute atomic E-state index is 13.6. The molecule has 0 amide bonds. The monoisotopic (exact) mass is 483 g/mol. The van der Waals surface area contributed by atoms with Crippen molar-refractivity contribution in [2.75, 3.05) is 25.6 Å². The molecule has 1 aliphatic carbocycles. The summed E-state index contributed by atoms with van der Waals surface area (Å²) in [6.45, 7) is 2.09. The number of anilines is 1. The van der Waals surface area contributed by atoms with E-state index in [1.165, 1.54) is 4.68 Å². The molecule has 2 fully saturated rings. The van der Waals surface area contributed by atoms with Crippen LogP contribution in [0.25, 0.3) is 27.7 Å². The smallest absolute Gasteiger partial charge is 0.264 e. The summed E-state index contributed by atoms with van der Waals surface area (Å²) in [6, 6.07) is 7.70. The highest BCUT2D eigenvalue weighted by molar-refractivity contribution is 5.89. The number of halogens is 2. The lowest BCUT2D eigenvalue weighted by Crippen LogP contribution is -2.47. The Morgan fingerprint density at radius 2 is 2.03 bits per heavy atom. The summed E-state index contributed by atoms with van der Waals surface area (Å²) in [4.78, 5) is 4.64. The number of rotatable bonds is 6. The molecule has 1 aromatic carbocycles. The van der Waals surface area contributed by atoms with E-state index in [0.717, 1.165) is 56.9 Å². The first kappa shape index (κ1) is 22.1. The van der Waals surface area contributed by atoms with Crippen LogP contribution in [0.1, 0.15) is 32.6 Å². The molecule has 4 heterocycles. The molecule has 4 aromatic rings. The first-order valence-corrected chi connectivity index (χ1v) is 11.8. The maximum atomic E-state index is 13.6. The van der Waals surface area contributed by atoms with Crippen molar-refractivity contribution in [1.29, 1.82) is 0 Å². The second-order valence-corrected chi connectivity index (χ2v) is 9.90. The fourth-order valence-electron chi connectivity index (χ4n) is 5.18. The highest BCUT2D eigenvalue weighted by Gasteiger charge is 2.41. The highest BCUT2D eigenvalue weighted by Crippen LogP contribution is 2.42. The normalized spacial score (nSPS) is 18.3. The van der Waals surface area contributed by atoms with Gasteiger partial charge in [-0.25, -0.2) is 18.0 Å². The van der Waals surface area contributed by atoms with Gasteiger partial charge in [-0.2, -0.15) is 4.98 Å². The number of aromatic nitrogens is 6. The average molecular weight is 484 g/mol. The lowest BCUT2D eigenvalue weighted by atomic mass is 9.71. The quantitative estimate of drug-likeness (QED) is 0.440. The van der Waals surface area contributed by atoms with Gasteiger partial charge in [-0.1, -0.05) is 11.3 Å². The van der Waals surface area contributed by atoms with E-state index in [0.29, 0.717) is 39.8 Å². The predicted molar refractivity (Wildman–Crippen MR) is 126 cm³/mol. The zero-order chi connectivity index (χ0) is 24.2. The van der Waals surface area contributed by atoms with E-state index in [1.807, 2.05) is 24.4 Å².